The topological polar surface area (TPSA) is 115 Å². The number of methoxy groups -OCH3 is 1. The molecule has 3 heterocycles. The maximum atomic E-state index is 14.6. The Labute approximate surface area is 239 Å². The van der Waals surface area contributed by atoms with Crippen molar-refractivity contribution in [2.24, 2.45) is 5.92 Å². The number of sulfone groups is 1. The highest BCUT2D eigenvalue weighted by Crippen LogP contribution is 2.55. The van der Waals surface area contributed by atoms with Crippen molar-refractivity contribution in [3.8, 4) is 5.75 Å². The van der Waals surface area contributed by atoms with Crippen molar-refractivity contribution in [2.45, 2.75) is 55.7 Å². The molecule has 0 aliphatic carbocycles. The van der Waals surface area contributed by atoms with Crippen LogP contribution < -0.4 is 10.1 Å². The van der Waals surface area contributed by atoms with Crippen LogP contribution >= 0.6 is 0 Å². The van der Waals surface area contributed by atoms with Crippen LogP contribution in [0.5, 0.6) is 5.75 Å². The van der Waals surface area contributed by atoms with Crippen LogP contribution in [0, 0.1) is 17.6 Å². The largest absolute Gasteiger partial charge is 0.493 e. The van der Waals surface area contributed by atoms with E-state index in [4.69, 9.17) is 9.47 Å². The van der Waals surface area contributed by atoms with Gasteiger partial charge in [0, 0.05) is 48.6 Å². The predicted molar refractivity (Wildman–Crippen MR) is 141 cm³/mol. The molecular formula is C27H30F5N3O6S. The number of rotatable bonds is 6. The second-order valence-electron chi connectivity index (χ2n) is 10.7. The van der Waals surface area contributed by atoms with Crippen molar-refractivity contribution >= 4 is 27.3 Å². The van der Waals surface area contributed by atoms with Crippen molar-refractivity contribution in [3.63, 3.8) is 0 Å². The average molecular weight is 620 g/mol. The minimum Gasteiger partial charge on any atom is -0.493 e. The van der Waals surface area contributed by atoms with Crippen molar-refractivity contribution in [3.05, 3.63) is 53.4 Å². The van der Waals surface area contributed by atoms with Gasteiger partial charge in [-0.3, -0.25) is 14.6 Å². The first-order valence-electron chi connectivity index (χ1n) is 13.0. The van der Waals surface area contributed by atoms with Gasteiger partial charge in [-0.05, 0) is 38.0 Å². The molecule has 4 rings (SSSR count). The number of likely N-dealkylation sites (tertiary alicyclic amines) is 1. The second-order valence-corrected chi connectivity index (χ2v) is 13.0. The first kappa shape index (κ1) is 31.6. The van der Waals surface area contributed by atoms with Crippen LogP contribution in [0.15, 0.2) is 30.5 Å². The zero-order valence-corrected chi connectivity index (χ0v) is 24.0. The summed E-state index contributed by atoms with van der Waals surface area (Å²) in [5.74, 6) is -7.72. The number of hydrogen-bond donors (Lipinski definition) is 1. The summed E-state index contributed by atoms with van der Waals surface area (Å²) in [6.07, 6.45) is -3.86. The molecule has 1 aromatic heterocycles. The number of carbonyl (C=O) groups excluding carboxylic acids is 2. The minimum atomic E-state index is -4.92. The summed E-state index contributed by atoms with van der Waals surface area (Å²) in [5.41, 5.74) is -3.06. The fourth-order valence-electron chi connectivity index (χ4n) is 5.53. The smallest absolute Gasteiger partial charge is 0.417 e. The summed E-state index contributed by atoms with van der Waals surface area (Å²) < 4.78 is 105. The Kier molecular flexibility index (Phi) is 8.57. The Morgan fingerprint density at radius 2 is 1.81 bits per heavy atom. The molecule has 1 N–H and O–H groups in total. The number of nitrogens with zero attached hydrogens (tertiary/aromatic N) is 2. The van der Waals surface area contributed by atoms with Crippen LogP contribution in [-0.2, 0) is 19.4 Å². The normalized spacial score (nSPS) is 25.4. The Hall–Kier alpha value is -3.33. The van der Waals surface area contributed by atoms with Crippen LogP contribution in [0.2, 0.25) is 0 Å². The number of hydrogen-bond acceptors (Lipinski definition) is 7. The van der Waals surface area contributed by atoms with Gasteiger partial charge in [0.15, 0.2) is 17.2 Å². The molecule has 2 aliphatic heterocycles. The lowest BCUT2D eigenvalue weighted by Gasteiger charge is -2.32. The first-order chi connectivity index (χ1) is 19.5. The van der Waals surface area contributed by atoms with E-state index >= 15 is 0 Å². The summed E-state index contributed by atoms with van der Waals surface area (Å²) in [6.45, 7) is 2.33. The Bertz CT molecular complexity index is 1480. The lowest BCUT2D eigenvalue weighted by atomic mass is 9.77. The predicted octanol–water partition coefficient (Wildman–Crippen LogP) is 4.10. The van der Waals surface area contributed by atoms with E-state index in [9.17, 15) is 40.0 Å². The zero-order chi connectivity index (χ0) is 31.2. The molecule has 2 fully saturated rings. The molecule has 42 heavy (non-hydrogen) atoms. The molecule has 0 bridgehead atoms. The lowest BCUT2D eigenvalue weighted by molar-refractivity contribution is -0.272. The highest BCUT2D eigenvalue weighted by molar-refractivity contribution is 7.91. The minimum absolute atomic E-state index is 0.0252. The molecule has 4 atom stereocenters. The molecule has 9 nitrogen and oxygen atoms in total. The number of alkyl halides is 3. The van der Waals surface area contributed by atoms with E-state index in [1.54, 1.807) is 0 Å². The highest BCUT2D eigenvalue weighted by atomic mass is 32.2. The van der Waals surface area contributed by atoms with E-state index in [0.29, 0.717) is 0 Å². The Morgan fingerprint density at radius 3 is 2.38 bits per heavy atom. The number of ether oxygens (including phenoxy) is 2. The number of carbonyl (C=O) groups is 2. The van der Waals surface area contributed by atoms with Crippen molar-refractivity contribution in [1.82, 2.24) is 9.88 Å². The van der Waals surface area contributed by atoms with E-state index in [-0.39, 0.29) is 42.9 Å². The molecule has 2 aromatic rings. The molecule has 2 amide bonds. The molecular weight excluding hydrogens is 589 g/mol. The van der Waals surface area contributed by atoms with Gasteiger partial charge >= 0.3 is 6.18 Å². The average Bonchev–Trinajstić information content (AvgIpc) is 3.21. The summed E-state index contributed by atoms with van der Waals surface area (Å²) in [7, 11) is -2.23. The molecule has 1 aromatic carbocycles. The molecule has 0 saturated carbocycles. The van der Waals surface area contributed by atoms with Crippen LogP contribution in [0.25, 0.3) is 0 Å². The third-order valence-electron chi connectivity index (χ3n) is 8.15. The van der Waals surface area contributed by atoms with Crippen molar-refractivity contribution < 1.29 is 49.4 Å². The molecule has 230 valence electrons. The van der Waals surface area contributed by atoms with Gasteiger partial charge in [0.05, 0.1) is 12.4 Å². The number of nitrogens with one attached hydrogen (secondary N) is 1. The molecule has 2 aliphatic rings. The van der Waals surface area contributed by atoms with E-state index in [1.807, 2.05) is 0 Å². The fraction of sp³-hybridized carbons (Fsp3) is 0.519. The van der Waals surface area contributed by atoms with Gasteiger partial charge in [-0.1, -0.05) is 13.0 Å². The van der Waals surface area contributed by atoms with Crippen LogP contribution in [0.4, 0.5) is 27.6 Å². The Morgan fingerprint density at radius 1 is 1.17 bits per heavy atom. The molecule has 0 radical (unpaired) electrons. The van der Waals surface area contributed by atoms with Gasteiger partial charge in [0.1, 0.15) is 21.6 Å². The summed E-state index contributed by atoms with van der Waals surface area (Å²) in [5, 5.41) is 1.89. The number of amides is 2. The number of aromatic nitrogens is 1. The van der Waals surface area contributed by atoms with Crippen molar-refractivity contribution in [1.29, 1.82) is 0 Å². The van der Waals surface area contributed by atoms with E-state index in [2.05, 4.69) is 10.3 Å². The SMILES string of the molecule is COc1c([C@H]2[C@H](C(=O)Nc3ccnc(C(=O)N4CCC(S(C)(=O)=O)CC4)c3)O[C@@](C)(C(F)(F)F)[C@H]2C)ccc(F)c1F. The number of halogens is 5. The summed E-state index contributed by atoms with van der Waals surface area (Å²) >= 11 is 0. The molecule has 0 unspecified atom stereocenters. The number of pyridine rings is 1. The zero-order valence-electron chi connectivity index (χ0n) is 23.2. The van der Waals surface area contributed by atoms with E-state index < -0.39 is 74.0 Å². The van der Waals surface area contributed by atoms with Crippen molar-refractivity contribution in [2.75, 3.05) is 31.8 Å². The van der Waals surface area contributed by atoms with Gasteiger partial charge in [-0.25, -0.2) is 12.8 Å². The number of benzene rings is 1. The van der Waals surface area contributed by atoms with Gasteiger partial charge in [0.25, 0.3) is 11.8 Å². The monoisotopic (exact) mass is 619 g/mol. The first-order valence-corrected chi connectivity index (χ1v) is 15.0. The Balaban J connectivity index is 1.61. The standard InChI is InChI=1S/C27H30F5N3O6S/c1-14-20(17-5-6-18(28)21(29)22(17)40-3)23(41-26(14,2)27(30,31)32)24(36)34-15-7-10-33-19(13-15)25(37)35-11-8-16(9-12-35)42(4,38)39/h5-7,10,13-14,16,20,23H,8-9,11-12H2,1-4H3,(H,33,34,36)/t14-,20-,23+,26+/m0/s1. The summed E-state index contributed by atoms with van der Waals surface area (Å²) in [4.78, 5) is 31.9. The quantitative estimate of drug-likeness (QED) is 0.485. The molecule has 15 heteroatoms. The van der Waals surface area contributed by atoms with E-state index in [0.717, 1.165) is 32.4 Å². The van der Waals surface area contributed by atoms with Gasteiger partial charge in [0.2, 0.25) is 5.82 Å². The van der Waals surface area contributed by atoms with Crippen LogP contribution in [0.3, 0.4) is 0 Å². The maximum absolute atomic E-state index is 14.6. The summed E-state index contributed by atoms with van der Waals surface area (Å²) in [6, 6.07) is 4.34. The van der Waals surface area contributed by atoms with Crippen LogP contribution in [0.1, 0.15) is 48.7 Å². The number of piperidine rings is 1. The van der Waals surface area contributed by atoms with Crippen LogP contribution in [-0.4, -0.2) is 79.7 Å². The van der Waals surface area contributed by atoms with Gasteiger partial charge < -0.3 is 19.7 Å². The fourth-order valence-corrected chi connectivity index (χ4v) is 6.59. The van der Waals surface area contributed by atoms with Gasteiger partial charge in [-0.2, -0.15) is 17.6 Å². The molecule has 2 saturated heterocycles. The molecule has 0 spiro atoms. The maximum Gasteiger partial charge on any atom is 0.417 e. The second kappa shape index (κ2) is 11.4. The van der Waals surface area contributed by atoms with Gasteiger partial charge in [-0.15, -0.1) is 0 Å². The third-order valence-corrected chi connectivity index (χ3v) is 9.83. The number of anilines is 1. The lowest BCUT2D eigenvalue weighted by Crippen LogP contribution is -2.47. The van der Waals surface area contributed by atoms with E-state index in [1.165, 1.54) is 30.2 Å². The third kappa shape index (κ3) is 5.80. The highest BCUT2D eigenvalue weighted by Gasteiger charge is 2.66.